The van der Waals surface area contributed by atoms with Crippen LogP contribution in [0.25, 0.3) is 0 Å². The van der Waals surface area contributed by atoms with Crippen LogP contribution in [-0.2, 0) is 4.79 Å². The summed E-state index contributed by atoms with van der Waals surface area (Å²) >= 11 is 0. The van der Waals surface area contributed by atoms with E-state index in [1.54, 1.807) is 31.4 Å². The van der Waals surface area contributed by atoms with Gasteiger partial charge in [-0.3, -0.25) is 4.79 Å². The number of furan rings is 1. The molecule has 0 fully saturated rings. The van der Waals surface area contributed by atoms with Crippen LogP contribution in [0.2, 0.25) is 0 Å². The Morgan fingerprint density at radius 3 is 2.68 bits per heavy atom. The molecule has 0 bridgehead atoms. The van der Waals surface area contributed by atoms with Crippen molar-refractivity contribution in [2.45, 2.75) is 26.3 Å². The number of nitrogens with zero attached hydrogens (tertiary/aromatic N) is 4. The Hall–Kier alpha value is -4.01. The summed E-state index contributed by atoms with van der Waals surface area (Å²) in [5.74, 6) is -0.346. The monoisotopic (exact) mass is 420 g/mol. The Bertz CT molecular complexity index is 1140. The SMILES string of the molecule is Cc1ccc(C2=NN(C(=O)COc3ccc(C)nc3[N+](=O)[O-])[C@H](c3ccco3)C2)cc1. The quantitative estimate of drug-likeness (QED) is 0.441. The fourth-order valence-corrected chi connectivity index (χ4v) is 3.34. The summed E-state index contributed by atoms with van der Waals surface area (Å²) < 4.78 is 11.0. The van der Waals surface area contributed by atoms with Crippen molar-refractivity contribution in [2.24, 2.45) is 5.10 Å². The van der Waals surface area contributed by atoms with E-state index in [1.165, 1.54) is 11.1 Å². The maximum absolute atomic E-state index is 13.0. The van der Waals surface area contributed by atoms with Gasteiger partial charge in [0.1, 0.15) is 17.5 Å². The number of amides is 1. The molecule has 1 aliphatic heterocycles. The molecular weight excluding hydrogens is 400 g/mol. The maximum atomic E-state index is 13.0. The summed E-state index contributed by atoms with van der Waals surface area (Å²) in [6, 6.07) is 14.0. The van der Waals surface area contributed by atoms with Gasteiger partial charge in [-0.2, -0.15) is 5.10 Å². The standard InChI is InChI=1S/C22H20N4O5/c1-14-5-8-16(9-6-14)17-12-18(19-4-3-11-30-19)25(24-17)21(27)13-31-20-10-7-15(2)23-22(20)26(28)29/h3-11,18H,12-13H2,1-2H3/t18-/m0/s1. The summed E-state index contributed by atoms with van der Waals surface area (Å²) in [4.78, 5) is 27.4. The molecule has 9 heteroatoms. The zero-order chi connectivity index (χ0) is 22.0. The molecule has 0 radical (unpaired) electrons. The van der Waals surface area contributed by atoms with Gasteiger partial charge in [0, 0.05) is 13.3 Å². The summed E-state index contributed by atoms with van der Waals surface area (Å²) in [5, 5.41) is 17.1. The van der Waals surface area contributed by atoms with Crippen molar-refractivity contribution in [3.63, 3.8) is 0 Å². The molecule has 1 aliphatic rings. The van der Waals surface area contributed by atoms with Crippen molar-refractivity contribution in [1.29, 1.82) is 0 Å². The lowest BCUT2D eigenvalue weighted by Gasteiger charge is -2.19. The predicted octanol–water partition coefficient (Wildman–Crippen LogP) is 3.96. The number of hydrazone groups is 1. The van der Waals surface area contributed by atoms with Crippen LogP contribution in [0.1, 0.15) is 35.0 Å². The van der Waals surface area contributed by atoms with Crippen LogP contribution < -0.4 is 4.74 Å². The van der Waals surface area contributed by atoms with E-state index in [0.29, 0.717) is 17.9 Å². The molecule has 1 aromatic carbocycles. The van der Waals surface area contributed by atoms with Gasteiger partial charge in [-0.15, -0.1) is 0 Å². The third-order valence-electron chi connectivity index (χ3n) is 4.92. The Kier molecular flexibility index (Phi) is 5.48. The van der Waals surface area contributed by atoms with Gasteiger partial charge in [0.05, 0.1) is 12.0 Å². The first-order chi connectivity index (χ1) is 14.9. The fourth-order valence-electron chi connectivity index (χ4n) is 3.34. The smallest absolute Gasteiger partial charge is 0.406 e. The minimum absolute atomic E-state index is 0.0690. The molecule has 0 spiro atoms. The number of rotatable bonds is 6. The first-order valence-electron chi connectivity index (χ1n) is 9.67. The Labute approximate surface area is 178 Å². The van der Waals surface area contributed by atoms with Crippen molar-refractivity contribution in [2.75, 3.05) is 6.61 Å². The molecule has 158 valence electrons. The molecular formula is C22H20N4O5. The first kappa shape index (κ1) is 20.3. The summed E-state index contributed by atoms with van der Waals surface area (Å²) in [6.07, 6.45) is 2.02. The van der Waals surface area contributed by atoms with E-state index < -0.39 is 29.3 Å². The lowest BCUT2D eigenvalue weighted by Crippen LogP contribution is -2.31. The van der Waals surface area contributed by atoms with Crippen LogP contribution in [-0.4, -0.2) is 33.1 Å². The van der Waals surface area contributed by atoms with E-state index in [4.69, 9.17) is 9.15 Å². The third-order valence-corrected chi connectivity index (χ3v) is 4.92. The van der Waals surface area contributed by atoms with Gasteiger partial charge in [0.2, 0.25) is 5.75 Å². The van der Waals surface area contributed by atoms with Crippen LogP contribution in [0, 0.1) is 24.0 Å². The van der Waals surface area contributed by atoms with Crippen molar-refractivity contribution >= 4 is 17.4 Å². The Balaban J connectivity index is 1.57. The van der Waals surface area contributed by atoms with Crippen LogP contribution in [0.5, 0.6) is 5.75 Å². The van der Waals surface area contributed by atoms with E-state index >= 15 is 0 Å². The number of benzene rings is 1. The summed E-state index contributed by atoms with van der Waals surface area (Å²) in [7, 11) is 0. The van der Waals surface area contributed by atoms with E-state index in [0.717, 1.165) is 16.8 Å². The largest absolute Gasteiger partial charge is 0.475 e. The highest BCUT2D eigenvalue weighted by Crippen LogP contribution is 2.33. The van der Waals surface area contributed by atoms with E-state index in [2.05, 4.69) is 10.1 Å². The molecule has 0 unspecified atom stereocenters. The van der Waals surface area contributed by atoms with Crippen LogP contribution in [0.15, 0.2) is 64.3 Å². The average molecular weight is 420 g/mol. The van der Waals surface area contributed by atoms with Crippen LogP contribution >= 0.6 is 0 Å². The van der Waals surface area contributed by atoms with Gasteiger partial charge in [-0.1, -0.05) is 29.8 Å². The predicted molar refractivity (Wildman–Crippen MR) is 112 cm³/mol. The number of ether oxygens (including phenoxy) is 1. The van der Waals surface area contributed by atoms with E-state index in [1.807, 2.05) is 31.2 Å². The molecule has 3 aromatic rings. The minimum atomic E-state index is -0.637. The van der Waals surface area contributed by atoms with E-state index in [-0.39, 0.29) is 5.75 Å². The number of nitro groups is 1. The lowest BCUT2D eigenvalue weighted by atomic mass is 10.0. The number of hydrogen-bond acceptors (Lipinski definition) is 7. The second-order valence-electron chi connectivity index (χ2n) is 7.21. The zero-order valence-electron chi connectivity index (χ0n) is 17.0. The summed E-state index contributed by atoms with van der Waals surface area (Å²) in [6.45, 7) is 3.22. The highest BCUT2D eigenvalue weighted by molar-refractivity contribution is 6.03. The van der Waals surface area contributed by atoms with Gasteiger partial charge in [0.25, 0.3) is 5.91 Å². The highest BCUT2D eigenvalue weighted by Gasteiger charge is 2.35. The molecule has 2 aromatic heterocycles. The van der Waals surface area contributed by atoms with Crippen molar-refractivity contribution in [3.8, 4) is 5.75 Å². The second kappa shape index (κ2) is 8.39. The van der Waals surface area contributed by atoms with Crippen LogP contribution in [0.4, 0.5) is 5.82 Å². The van der Waals surface area contributed by atoms with Crippen LogP contribution in [0.3, 0.4) is 0 Å². The number of pyridine rings is 1. The van der Waals surface area contributed by atoms with Gasteiger partial charge < -0.3 is 19.3 Å². The minimum Gasteiger partial charge on any atom is -0.475 e. The molecule has 3 heterocycles. The normalized spacial score (nSPS) is 15.6. The van der Waals surface area contributed by atoms with Gasteiger partial charge in [0.15, 0.2) is 6.61 Å². The number of aryl methyl sites for hydroxylation is 2. The number of carbonyl (C=O) groups excluding carboxylic acids is 1. The Morgan fingerprint density at radius 2 is 2.00 bits per heavy atom. The topological polar surface area (TPSA) is 111 Å². The summed E-state index contributed by atoms with van der Waals surface area (Å²) in [5.41, 5.74) is 3.27. The Morgan fingerprint density at radius 1 is 1.23 bits per heavy atom. The fraction of sp³-hybridized carbons (Fsp3) is 0.227. The van der Waals surface area contributed by atoms with Gasteiger partial charge in [-0.05, 0) is 46.7 Å². The van der Waals surface area contributed by atoms with Gasteiger partial charge >= 0.3 is 5.82 Å². The molecule has 31 heavy (non-hydrogen) atoms. The van der Waals surface area contributed by atoms with Gasteiger partial charge in [-0.25, -0.2) is 5.01 Å². The number of aromatic nitrogens is 1. The molecule has 4 rings (SSSR count). The first-order valence-corrected chi connectivity index (χ1v) is 9.67. The number of carbonyl (C=O) groups is 1. The van der Waals surface area contributed by atoms with Crippen molar-refractivity contribution in [3.05, 3.63) is 87.5 Å². The highest BCUT2D eigenvalue weighted by atomic mass is 16.6. The third kappa shape index (κ3) is 4.30. The molecule has 1 atom stereocenters. The van der Waals surface area contributed by atoms with E-state index in [9.17, 15) is 14.9 Å². The second-order valence-corrected chi connectivity index (χ2v) is 7.21. The zero-order valence-corrected chi connectivity index (χ0v) is 17.0. The molecule has 0 saturated carbocycles. The van der Waals surface area contributed by atoms with Crippen molar-refractivity contribution in [1.82, 2.24) is 9.99 Å². The molecule has 0 aliphatic carbocycles. The average Bonchev–Trinajstić information content (AvgIpc) is 3.43. The molecule has 0 saturated heterocycles. The lowest BCUT2D eigenvalue weighted by molar-refractivity contribution is -0.390. The molecule has 9 nitrogen and oxygen atoms in total. The molecule has 0 N–H and O–H groups in total. The number of hydrogen-bond donors (Lipinski definition) is 0. The molecule has 1 amide bonds. The van der Waals surface area contributed by atoms with Crippen molar-refractivity contribution < 1.29 is 18.9 Å². The maximum Gasteiger partial charge on any atom is 0.406 e.